The van der Waals surface area contributed by atoms with Crippen LogP contribution in [0.1, 0.15) is 18.7 Å². The van der Waals surface area contributed by atoms with Crippen LogP contribution in [0.25, 0.3) is 11.5 Å². The average Bonchev–Trinajstić information content (AvgIpc) is 3.44. The van der Waals surface area contributed by atoms with E-state index in [1.807, 2.05) is 30.3 Å². The number of amides is 1. The zero-order valence-electron chi connectivity index (χ0n) is 16.8. The first-order valence-corrected chi connectivity index (χ1v) is 11.6. The van der Waals surface area contributed by atoms with Crippen molar-refractivity contribution in [3.63, 3.8) is 0 Å². The molecule has 2 aromatic carbocycles. The zero-order valence-corrected chi connectivity index (χ0v) is 18.4. The first-order valence-electron chi connectivity index (χ1n) is 9.76. The third kappa shape index (κ3) is 4.48. The van der Waals surface area contributed by atoms with Crippen molar-refractivity contribution in [2.75, 3.05) is 13.6 Å². The van der Waals surface area contributed by atoms with Gasteiger partial charge in [0.2, 0.25) is 27.7 Å². The fourth-order valence-electron chi connectivity index (χ4n) is 3.57. The van der Waals surface area contributed by atoms with Crippen LogP contribution in [0.4, 0.5) is 0 Å². The van der Waals surface area contributed by atoms with Gasteiger partial charge < -0.3 is 9.32 Å². The molecule has 0 aliphatic carbocycles. The molecule has 1 aliphatic heterocycles. The summed E-state index contributed by atoms with van der Waals surface area (Å²) < 4.78 is 33.1. The minimum absolute atomic E-state index is 0.0873. The molecule has 10 heteroatoms. The normalized spacial score (nSPS) is 17.0. The Morgan fingerprint density at radius 3 is 2.58 bits per heavy atom. The number of aromatic nitrogens is 2. The quantitative estimate of drug-likeness (QED) is 0.560. The van der Waals surface area contributed by atoms with E-state index < -0.39 is 16.1 Å². The van der Waals surface area contributed by atoms with Crippen molar-refractivity contribution in [3.05, 3.63) is 65.5 Å². The number of halogens is 1. The monoisotopic (exact) mass is 460 g/mol. The van der Waals surface area contributed by atoms with Gasteiger partial charge >= 0.3 is 0 Å². The van der Waals surface area contributed by atoms with Gasteiger partial charge in [0.05, 0.1) is 11.4 Å². The predicted molar refractivity (Wildman–Crippen MR) is 115 cm³/mol. The van der Waals surface area contributed by atoms with Crippen molar-refractivity contribution in [1.29, 1.82) is 0 Å². The Morgan fingerprint density at radius 1 is 1.16 bits per heavy atom. The Morgan fingerprint density at radius 2 is 1.87 bits per heavy atom. The Hall–Kier alpha value is -2.75. The standard InChI is InChI=1S/C21H21ClN4O4S/c1-25(14-19-23-24-20(30-19)15-6-3-2-4-7-15)21(27)18-8-5-13-26(18)31(28,29)17-11-9-16(22)10-12-17/h2-4,6-7,9-12,18H,5,8,13-14H2,1H3/t18-/m0/s1. The highest BCUT2D eigenvalue weighted by atomic mass is 35.5. The van der Waals surface area contributed by atoms with Crippen LogP contribution in [0.5, 0.6) is 0 Å². The van der Waals surface area contributed by atoms with Crippen molar-refractivity contribution in [2.24, 2.45) is 0 Å². The molecule has 0 spiro atoms. The lowest BCUT2D eigenvalue weighted by Crippen LogP contribution is -2.46. The van der Waals surface area contributed by atoms with Crippen LogP contribution >= 0.6 is 11.6 Å². The molecule has 3 aromatic rings. The lowest BCUT2D eigenvalue weighted by Gasteiger charge is -2.26. The van der Waals surface area contributed by atoms with Crippen LogP contribution in [-0.4, -0.2) is 53.4 Å². The summed E-state index contributed by atoms with van der Waals surface area (Å²) in [6.45, 7) is 0.373. The summed E-state index contributed by atoms with van der Waals surface area (Å²) in [5, 5.41) is 8.48. The Bertz CT molecular complexity index is 1170. The molecule has 1 atom stereocenters. The first-order chi connectivity index (χ1) is 14.9. The van der Waals surface area contributed by atoms with E-state index in [2.05, 4.69) is 10.2 Å². The molecular weight excluding hydrogens is 440 g/mol. The maximum absolute atomic E-state index is 13.1. The highest BCUT2D eigenvalue weighted by Gasteiger charge is 2.40. The van der Waals surface area contributed by atoms with Crippen LogP contribution < -0.4 is 0 Å². The van der Waals surface area contributed by atoms with Gasteiger partial charge in [-0.15, -0.1) is 10.2 Å². The summed E-state index contributed by atoms with van der Waals surface area (Å²) >= 11 is 5.87. The number of nitrogens with zero attached hydrogens (tertiary/aromatic N) is 4. The van der Waals surface area contributed by atoms with Crippen molar-refractivity contribution in [3.8, 4) is 11.5 Å². The zero-order chi connectivity index (χ0) is 22.0. The predicted octanol–water partition coefficient (Wildman–Crippen LogP) is 3.20. The average molecular weight is 461 g/mol. The van der Waals surface area contributed by atoms with Crippen molar-refractivity contribution in [1.82, 2.24) is 19.4 Å². The summed E-state index contributed by atoms with van der Waals surface area (Å²) in [7, 11) is -2.21. The van der Waals surface area contributed by atoms with Gasteiger partial charge in [-0.1, -0.05) is 29.8 Å². The molecule has 31 heavy (non-hydrogen) atoms. The van der Waals surface area contributed by atoms with Crippen LogP contribution in [0.15, 0.2) is 63.9 Å². The Labute approximate surface area is 185 Å². The van der Waals surface area contributed by atoms with E-state index in [1.54, 1.807) is 7.05 Å². The minimum atomic E-state index is -3.81. The molecule has 0 saturated carbocycles. The van der Waals surface area contributed by atoms with E-state index in [1.165, 1.54) is 33.5 Å². The number of carbonyl (C=O) groups is 1. The highest BCUT2D eigenvalue weighted by Crippen LogP contribution is 2.28. The van der Waals surface area contributed by atoms with Gasteiger partial charge in [0, 0.05) is 24.2 Å². The molecule has 1 amide bonds. The van der Waals surface area contributed by atoms with Crippen LogP contribution in [-0.2, 0) is 21.4 Å². The lowest BCUT2D eigenvalue weighted by atomic mass is 10.2. The van der Waals surface area contributed by atoms with E-state index in [4.69, 9.17) is 16.0 Å². The number of hydrogen-bond acceptors (Lipinski definition) is 6. The summed E-state index contributed by atoms with van der Waals surface area (Å²) in [6.07, 6.45) is 1.06. The number of rotatable bonds is 6. The molecule has 8 nitrogen and oxygen atoms in total. The topological polar surface area (TPSA) is 96.6 Å². The SMILES string of the molecule is CN(Cc1nnc(-c2ccccc2)o1)C(=O)[C@@H]1CCCN1S(=O)(=O)c1ccc(Cl)cc1. The van der Waals surface area contributed by atoms with Gasteiger partial charge in [-0.2, -0.15) is 4.31 Å². The summed E-state index contributed by atoms with van der Waals surface area (Å²) in [6, 6.07) is 14.5. The van der Waals surface area contributed by atoms with E-state index >= 15 is 0 Å². The second-order valence-corrected chi connectivity index (χ2v) is 9.62. The molecule has 0 unspecified atom stereocenters. The molecule has 1 aliphatic rings. The molecule has 162 valence electrons. The highest BCUT2D eigenvalue weighted by molar-refractivity contribution is 7.89. The lowest BCUT2D eigenvalue weighted by molar-refractivity contribution is -0.134. The largest absolute Gasteiger partial charge is 0.419 e. The molecule has 4 rings (SSSR count). The van der Waals surface area contributed by atoms with Gasteiger partial charge in [-0.05, 0) is 49.2 Å². The van der Waals surface area contributed by atoms with E-state index in [0.717, 1.165) is 5.56 Å². The fraction of sp³-hybridized carbons (Fsp3) is 0.286. The van der Waals surface area contributed by atoms with E-state index in [0.29, 0.717) is 23.8 Å². The van der Waals surface area contributed by atoms with Crippen LogP contribution in [0, 0.1) is 0 Å². The molecule has 1 aromatic heterocycles. The van der Waals surface area contributed by atoms with Gasteiger partial charge in [-0.3, -0.25) is 4.79 Å². The maximum Gasteiger partial charge on any atom is 0.247 e. The molecule has 2 heterocycles. The minimum Gasteiger partial charge on any atom is -0.419 e. The number of sulfonamides is 1. The van der Waals surface area contributed by atoms with Gasteiger partial charge in [0.25, 0.3) is 0 Å². The molecular formula is C21H21ClN4O4S. The Balaban J connectivity index is 1.48. The molecule has 1 fully saturated rings. The fourth-order valence-corrected chi connectivity index (χ4v) is 5.34. The third-order valence-electron chi connectivity index (χ3n) is 5.15. The second-order valence-electron chi connectivity index (χ2n) is 7.29. The van der Waals surface area contributed by atoms with Gasteiger partial charge in [-0.25, -0.2) is 8.42 Å². The summed E-state index contributed by atoms with van der Waals surface area (Å²) in [5.74, 6) is 0.332. The maximum atomic E-state index is 13.1. The third-order valence-corrected chi connectivity index (χ3v) is 7.32. The number of likely N-dealkylation sites (N-methyl/N-ethyl adjacent to an activating group) is 1. The number of hydrogen-bond donors (Lipinski definition) is 0. The van der Waals surface area contributed by atoms with E-state index in [9.17, 15) is 13.2 Å². The van der Waals surface area contributed by atoms with Crippen molar-refractivity contribution < 1.29 is 17.6 Å². The van der Waals surface area contributed by atoms with Crippen LogP contribution in [0.2, 0.25) is 5.02 Å². The smallest absolute Gasteiger partial charge is 0.247 e. The molecule has 0 radical (unpaired) electrons. The van der Waals surface area contributed by atoms with Crippen LogP contribution in [0.3, 0.4) is 0 Å². The number of benzene rings is 2. The Kier molecular flexibility index (Phi) is 6.08. The van der Waals surface area contributed by atoms with Crippen molar-refractivity contribution >= 4 is 27.5 Å². The summed E-state index contributed by atoms with van der Waals surface area (Å²) in [4.78, 5) is 14.6. The van der Waals surface area contributed by atoms with Gasteiger partial charge in [0.1, 0.15) is 6.04 Å². The molecule has 0 N–H and O–H groups in total. The first kappa shape index (κ1) is 21.5. The summed E-state index contributed by atoms with van der Waals surface area (Å²) in [5.41, 5.74) is 0.784. The molecule has 0 bridgehead atoms. The van der Waals surface area contributed by atoms with Crippen molar-refractivity contribution in [2.45, 2.75) is 30.3 Å². The van der Waals surface area contributed by atoms with Gasteiger partial charge in [0.15, 0.2) is 0 Å². The second kappa shape index (κ2) is 8.78. The van der Waals surface area contributed by atoms with E-state index in [-0.39, 0.29) is 29.8 Å². The molecule has 1 saturated heterocycles. The number of carbonyl (C=O) groups excluding carboxylic acids is 1.